The van der Waals surface area contributed by atoms with Crippen molar-refractivity contribution in [2.45, 2.75) is 69.4 Å². The van der Waals surface area contributed by atoms with Crippen molar-refractivity contribution in [2.75, 3.05) is 18.2 Å². The van der Waals surface area contributed by atoms with Crippen LogP contribution in [0.15, 0.2) is 47.4 Å². The van der Waals surface area contributed by atoms with Gasteiger partial charge in [0.05, 0.1) is 22.0 Å². The number of imidazole rings is 1. The molecule has 0 spiro atoms. The predicted molar refractivity (Wildman–Crippen MR) is 148 cm³/mol. The van der Waals surface area contributed by atoms with E-state index in [2.05, 4.69) is 14.9 Å². The number of anilines is 2. The maximum atomic E-state index is 12.8. The van der Waals surface area contributed by atoms with Gasteiger partial charge in [0.1, 0.15) is 17.6 Å². The van der Waals surface area contributed by atoms with E-state index < -0.39 is 9.84 Å². The van der Waals surface area contributed by atoms with Crippen LogP contribution in [0.4, 0.5) is 11.4 Å². The number of hydrogen-bond acceptors (Lipinski definition) is 7. The van der Waals surface area contributed by atoms with Gasteiger partial charge in [-0.05, 0) is 87.8 Å². The molecule has 38 heavy (non-hydrogen) atoms. The summed E-state index contributed by atoms with van der Waals surface area (Å²) in [4.78, 5) is 14.9. The highest BCUT2D eigenvalue weighted by Crippen LogP contribution is 2.42. The van der Waals surface area contributed by atoms with Gasteiger partial charge >= 0.3 is 0 Å². The van der Waals surface area contributed by atoms with Crippen LogP contribution in [0.2, 0.25) is 0 Å². The summed E-state index contributed by atoms with van der Waals surface area (Å²) < 4.78 is 33.8. The van der Waals surface area contributed by atoms with Crippen LogP contribution in [0, 0.1) is 13.8 Å². The van der Waals surface area contributed by atoms with Crippen LogP contribution >= 0.6 is 0 Å². The van der Waals surface area contributed by atoms with Gasteiger partial charge in [0.15, 0.2) is 15.5 Å². The van der Waals surface area contributed by atoms with Crippen LogP contribution in [-0.2, 0) is 21.0 Å². The zero-order valence-corrected chi connectivity index (χ0v) is 22.9. The number of benzene rings is 1. The highest BCUT2D eigenvalue weighted by molar-refractivity contribution is 7.90. The summed E-state index contributed by atoms with van der Waals surface area (Å²) in [5.74, 6) is 1.28. The first-order valence-corrected chi connectivity index (χ1v) is 15.2. The monoisotopic (exact) mass is 531 g/mol. The highest BCUT2D eigenvalue weighted by atomic mass is 32.2. The van der Waals surface area contributed by atoms with Gasteiger partial charge in [-0.1, -0.05) is 12.1 Å². The summed E-state index contributed by atoms with van der Waals surface area (Å²) in [5.41, 5.74) is 6.48. The van der Waals surface area contributed by atoms with Crippen molar-refractivity contribution in [3.8, 4) is 0 Å². The standard InChI is InChI=1S/C29H33N5O3S/c1-18-7-6-8-22(30-18)16-23-17-25(28-29(32-23)34(19(2)31-28)27-9-4-5-14-37-27)33-24-13-12-21(20-10-11-20)15-26(24)38(3,35)36/h6-8,12-13,15,17,20,27H,4-5,9-11,14,16H2,1-3H3,(H,32,33). The third-order valence-corrected chi connectivity index (χ3v) is 8.49. The second kappa shape index (κ2) is 9.78. The molecule has 0 amide bonds. The average molecular weight is 532 g/mol. The Balaban J connectivity index is 1.48. The molecule has 1 N–H and O–H groups in total. The van der Waals surface area contributed by atoms with Crippen molar-refractivity contribution < 1.29 is 13.2 Å². The number of fused-ring (bicyclic) bond motifs is 1. The lowest BCUT2D eigenvalue weighted by molar-refractivity contribution is -0.0309. The van der Waals surface area contributed by atoms with E-state index in [0.29, 0.717) is 35.0 Å². The molecule has 4 heterocycles. The van der Waals surface area contributed by atoms with Crippen molar-refractivity contribution >= 4 is 32.4 Å². The Bertz CT molecular complexity index is 1620. The summed E-state index contributed by atoms with van der Waals surface area (Å²) in [7, 11) is -3.45. The Morgan fingerprint density at radius 3 is 2.53 bits per heavy atom. The van der Waals surface area contributed by atoms with Gasteiger partial charge in [-0.25, -0.2) is 18.4 Å². The third kappa shape index (κ3) is 5.05. The van der Waals surface area contributed by atoms with Crippen LogP contribution in [0.1, 0.15) is 72.7 Å². The van der Waals surface area contributed by atoms with E-state index in [1.807, 2.05) is 56.3 Å². The summed E-state index contributed by atoms with van der Waals surface area (Å²) in [6.45, 7) is 4.66. The van der Waals surface area contributed by atoms with Gasteiger partial charge < -0.3 is 10.1 Å². The lowest BCUT2D eigenvalue weighted by Gasteiger charge is -2.25. The molecule has 3 aromatic heterocycles. The Morgan fingerprint density at radius 1 is 0.974 bits per heavy atom. The number of aryl methyl sites for hydroxylation is 2. The quantitative estimate of drug-likeness (QED) is 0.324. The van der Waals surface area contributed by atoms with Crippen LogP contribution in [0.25, 0.3) is 11.2 Å². The number of pyridine rings is 2. The van der Waals surface area contributed by atoms with Gasteiger partial charge in [-0.15, -0.1) is 0 Å². The molecule has 1 saturated carbocycles. The topological polar surface area (TPSA) is 99.0 Å². The van der Waals surface area contributed by atoms with E-state index >= 15 is 0 Å². The van der Waals surface area contributed by atoms with Gasteiger partial charge in [0.2, 0.25) is 0 Å². The van der Waals surface area contributed by atoms with E-state index in [0.717, 1.165) is 71.9 Å². The second-order valence-electron chi connectivity index (χ2n) is 10.6. The van der Waals surface area contributed by atoms with Crippen molar-refractivity contribution in [3.63, 3.8) is 0 Å². The smallest absolute Gasteiger partial charge is 0.177 e. The minimum atomic E-state index is -3.45. The molecule has 0 radical (unpaired) electrons. The van der Waals surface area contributed by atoms with E-state index in [1.165, 1.54) is 6.26 Å². The second-order valence-corrected chi connectivity index (χ2v) is 12.5. The molecule has 1 aliphatic heterocycles. The normalized spacial score (nSPS) is 18.1. The summed E-state index contributed by atoms with van der Waals surface area (Å²) in [6, 6.07) is 13.7. The molecule has 198 valence electrons. The zero-order chi connectivity index (χ0) is 26.4. The lowest BCUT2D eigenvalue weighted by atomic mass is 10.1. The van der Waals surface area contributed by atoms with Gasteiger partial charge in [0.25, 0.3) is 0 Å². The van der Waals surface area contributed by atoms with Gasteiger partial charge in [-0.3, -0.25) is 9.55 Å². The number of sulfone groups is 1. The number of aromatic nitrogens is 4. The van der Waals surface area contributed by atoms with Gasteiger partial charge in [0, 0.05) is 30.7 Å². The van der Waals surface area contributed by atoms with Crippen molar-refractivity contribution in [1.82, 2.24) is 19.5 Å². The third-order valence-electron chi connectivity index (χ3n) is 7.35. The number of ether oxygens (including phenoxy) is 1. The molecule has 2 fully saturated rings. The fourth-order valence-electron chi connectivity index (χ4n) is 5.33. The molecular formula is C29H33N5O3S. The molecule has 4 aromatic rings. The van der Waals surface area contributed by atoms with E-state index in [1.54, 1.807) is 0 Å². The van der Waals surface area contributed by atoms with Crippen molar-refractivity contribution in [1.29, 1.82) is 0 Å². The first kappa shape index (κ1) is 25.0. The van der Waals surface area contributed by atoms with Crippen molar-refractivity contribution in [3.05, 3.63) is 70.9 Å². The molecular weight excluding hydrogens is 498 g/mol. The SMILES string of the molecule is Cc1cccc(Cc2cc(Nc3ccc(C4CC4)cc3S(C)(=O)=O)c3nc(C)n(C4CCCCO4)c3n2)n1. The molecule has 8 nitrogen and oxygen atoms in total. The molecule has 2 aliphatic rings. The van der Waals surface area contributed by atoms with Crippen LogP contribution in [0.3, 0.4) is 0 Å². The number of nitrogens with one attached hydrogen (secondary N) is 1. The van der Waals surface area contributed by atoms with Crippen LogP contribution in [-0.4, -0.2) is 40.8 Å². The molecule has 9 heteroatoms. The Hall–Kier alpha value is -3.30. The van der Waals surface area contributed by atoms with E-state index in [-0.39, 0.29) is 6.23 Å². The summed E-state index contributed by atoms with van der Waals surface area (Å²) in [5, 5.41) is 3.43. The molecule has 1 aromatic carbocycles. The van der Waals surface area contributed by atoms with Crippen LogP contribution < -0.4 is 5.32 Å². The Labute approximate surface area is 223 Å². The lowest BCUT2D eigenvalue weighted by Crippen LogP contribution is -2.19. The van der Waals surface area contributed by atoms with Crippen LogP contribution in [0.5, 0.6) is 0 Å². The average Bonchev–Trinajstić information content (AvgIpc) is 3.67. The Kier molecular flexibility index (Phi) is 6.44. The largest absolute Gasteiger partial charge is 0.358 e. The van der Waals surface area contributed by atoms with E-state index in [4.69, 9.17) is 14.7 Å². The predicted octanol–water partition coefficient (Wildman–Crippen LogP) is 5.76. The molecule has 1 unspecified atom stereocenters. The maximum Gasteiger partial charge on any atom is 0.177 e. The molecule has 1 saturated heterocycles. The molecule has 1 aliphatic carbocycles. The maximum absolute atomic E-state index is 12.8. The fourth-order valence-corrected chi connectivity index (χ4v) is 6.20. The fraction of sp³-hybridized carbons (Fsp3) is 0.414. The minimum Gasteiger partial charge on any atom is -0.358 e. The number of hydrogen-bond donors (Lipinski definition) is 1. The first-order valence-electron chi connectivity index (χ1n) is 13.3. The van der Waals surface area contributed by atoms with Crippen molar-refractivity contribution in [2.24, 2.45) is 0 Å². The van der Waals surface area contributed by atoms with E-state index in [9.17, 15) is 8.42 Å². The molecule has 0 bridgehead atoms. The summed E-state index contributed by atoms with van der Waals surface area (Å²) in [6.07, 6.45) is 6.95. The minimum absolute atomic E-state index is 0.120. The Morgan fingerprint density at radius 2 is 1.82 bits per heavy atom. The molecule has 6 rings (SSSR count). The first-order chi connectivity index (χ1) is 18.3. The number of nitrogens with zero attached hydrogens (tertiary/aromatic N) is 4. The summed E-state index contributed by atoms with van der Waals surface area (Å²) >= 11 is 0. The number of rotatable bonds is 7. The molecule has 1 atom stereocenters. The zero-order valence-electron chi connectivity index (χ0n) is 22.1. The highest BCUT2D eigenvalue weighted by Gasteiger charge is 2.27. The van der Waals surface area contributed by atoms with Gasteiger partial charge in [-0.2, -0.15) is 0 Å².